The molecule has 0 saturated carbocycles. The summed E-state index contributed by atoms with van der Waals surface area (Å²) in [5.74, 6) is 0. The zero-order valence-corrected chi connectivity index (χ0v) is 46.8. The Kier molecular flexibility index (Phi) is 17.5. The molecule has 4 heteroatoms. The van der Waals surface area contributed by atoms with Gasteiger partial charge in [0.05, 0.1) is 0 Å². The van der Waals surface area contributed by atoms with E-state index < -0.39 is 20.8 Å². The summed E-state index contributed by atoms with van der Waals surface area (Å²) >= 11 is -0.826. The Bertz CT molecular complexity index is 3250. The van der Waals surface area contributed by atoms with Crippen molar-refractivity contribution in [1.29, 1.82) is 0 Å². The molecule has 72 heavy (non-hydrogen) atoms. The van der Waals surface area contributed by atoms with E-state index in [9.17, 15) is 0 Å². The second-order valence-corrected chi connectivity index (χ2v) is 23.3. The van der Waals surface area contributed by atoms with Crippen molar-refractivity contribution >= 4 is 91.2 Å². The number of halogens is 2. The standard InChI is InChI=1S/2C33H27.C2H6Si.2ClH.Zr/c2*1-2-3-10-23-21-32-30(28-17-8-13-24-11-4-6-15-26(24)28)19-20-31(33(32)22-23)29-18-9-14-25-12-5-7-16-27(25)29;1-3-2;;;/h2*4-9,11-22H,2-3,10H2,1H3;1-2H3;2*1H;/q2*-1;;;;+4/p-2. The molecule has 12 aromatic rings. The fourth-order valence-electron chi connectivity index (χ4n) is 10.6. The molecule has 0 saturated heterocycles. The van der Waals surface area contributed by atoms with Gasteiger partial charge in [-0.25, -0.2) is 0 Å². The first kappa shape index (κ1) is 51.1. The summed E-state index contributed by atoms with van der Waals surface area (Å²) in [5, 5.41) is 15.9. The molecular weight excluding hydrogens is 1010 g/mol. The van der Waals surface area contributed by atoms with Gasteiger partial charge in [-0.1, -0.05) is 280 Å². The van der Waals surface area contributed by atoms with Crippen LogP contribution in [0.15, 0.2) is 218 Å². The van der Waals surface area contributed by atoms with Crippen molar-refractivity contribution in [2.45, 2.75) is 65.5 Å². The van der Waals surface area contributed by atoms with Crippen molar-refractivity contribution in [1.82, 2.24) is 0 Å². The summed E-state index contributed by atoms with van der Waals surface area (Å²) in [5.41, 5.74) is 13.5. The van der Waals surface area contributed by atoms with Crippen molar-refractivity contribution in [3.8, 4) is 44.5 Å². The molecule has 0 aliphatic carbocycles. The van der Waals surface area contributed by atoms with E-state index >= 15 is 0 Å². The van der Waals surface area contributed by atoms with Gasteiger partial charge in [0, 0.05) is 9.52 Å². The summed E-state index contributed by atoms with van der Waals surface area (Å²) in [7, 11) is 11.0. The molecule has 0 atom stereocenters. The molecule has 354 valence electrons. The van der Waals surface area contributed by atoms with Gasteiger partial charge < -0.3 is 0 Å². The summed E-state index contributed by atoms with van der Waals surface area (Å²) in [6, 6.07) is 80.6. The molecule has 2 radical (unpaired) electrons. The molecule has 0 bridgehead atoms. The molecule has 0 spiro atoms. The quantitative estimate of drug-likeness (QED) is 0.0946. The summed E-state index contributed by atoms with van der Waals surface area (Å²) < 4.78 is 0. The number of hydrogen-bond donors (Lipinski definition) is 0. The van der Waals surface area contributed by atoms with Crippen LogP contribution in [-0.2, 0) is 33.7 Å². The normalized spacial score (nSPS) is 11.0. The van der Waals surface area contributed by atoms with E-state index in [2.05, 4.69) is 245 Å². The van der Waals surface area contributed by atoms with Crippen LogP contribution in [0.3, 0.4) is 0 Å². The SMILES string of the molecule is CCCCc1cc2c(-c3cccc4ccccc34)ccc(-c3cccc4ccccc34)c2[cH-]1.CCCCc1cc2c(-c3cccc4ccccc34)ccc(-c3cccc4ccccc34)c2[cH-]1.C[Si]C.[Cl][Zr+2][Cl]. The summed E-state index contributed by atoms with van der Waals surface area (Å²) in [6.45, 7) is 8.84. The van der Waals surface area contributed by atoms with Crippen LogP contribution < -0.4 is 0 Å². The number of hydrogen-bond acceptors (Lipinski definition) is 0. The van der Waals surface area contributed by atoms with Crippen molar-refractivity contribution in [2.75, 3.05) is 0 Å². The summed E-state index contributed by atoms with van der Waals surface area (Å²) in [6.07, 6.45) is 7.15. The number of benzene rings is 10. The molecule has 0 unspecified atom stereocenters. The third-order valence-corrected chi connectivity index (χ3v) is 13.9. The minimum atomic E-state index is -0.826. The van der Waals surface area contributed by atoms with Gasteiger partial charge in [-0.2, -0.15) is 12.1 Å². The minimum absolute atomic E-state index is 0.826. The van der Waals surface area contributed by atoms with E-state index in [1.54, 1.807) is 0 Å². The van der Waals surface area contributed by atoms with Crippen LogP contribution in [0.4, 0.5) is 0 Å². The van der Waals surface area contributed by atoms with Crippen LogP contribution in [0, 0.1) is 0 Å². The molecular formula is C68H60Cl2SiZr. The maximum atomic E-state index is 4.93. The molecule has 12 aromatic carbocycles. The second kappa shape index (κ2) is 24.7. The second-order valence-electron chi connectivity index (χ2n) is 18.6. The monoisotopic (exact) mass is 1060 g/mol. The van der Waals surface area contributed by atoms with Crippen molar-refractivity contribution < 1.29 is 20.8 Å². The van der Waals surface area contributed by atoms with E-state index in [0.29, 0.717) is 0 Å². The van der Waals surface area contributed by atoms with E-state index in [-0.39, 0.29) is 0 Å². The zero-order valence-electron chi connectivity index (χ0n) is 41.8. The predicted octanol–water partition coefficient (Wildman–Crippen LogP) is 21.2. The van der Waals surface area contributed by atoms with Gasteiger partial charge in [0.1, 0.15) is 0 Å². The number of unbranched alkanes of at least 4 members (excludes halogenated alkanes) is 2. The first-order chi connectivity index (χ1) is 35.5. The Balaban J connectivity index is 0.000000161. The van der Waals surface area contributed by atoms with E-state index in [1.807, 2.05) is 0 Å². The van der Waals surface area contributed by atoms with E-state index in [1.165, 1.54) is 146 Å². The number of fused-ring (bicyclic) bond motifs is 6. The zero-order chi connectivity index (χ0) is 49.8. The molecule has 0 aromatic heterocycles. The first-order valence-corrected chi connectivity index (χ1v) is 33.7. The Morgan fingerprint density at radius 2 is 0.597 bits per heavy atom. The van der Waals surface area contributed by atoms with Crippen molar-refractivity contribution in [3.05, 3.63) is 230 Å². The molecule has 0 amide bonds. The Morgan fingerprint density at radius 1 is 0.347 bits per heavy atom. The van der Waals surface area contributed by atoms with E-state index in [0.717, 1.165) is 22.4 Å². The fourth-order valence-corrected chi connectivity index (χ4v) is 10.6. The maximum absolute atomic E-state index is 4.93. The van der Waals surface area contributed by atoms with Gasteiger partial charge >= 0.3 is 37.9 Å². The van der Waals surface area contributed by atoms with Crippen LogP contribution in [0.2, 0.25) is 13.1 Å². The van der Waals surface area contributed by atoms with Gasteiger partial charge in [0.15, 0.2) is 0 Å². The van der Waals surface area contributed by atoms with Gasteiger partial charge in [-0.15, -0.1) is 44.8 Å². The molecule has 0 heterocycles. The Hall–Kier alpha value is -5.86. The number of aryl methyl sites for hydroxylation is 2. The van der Waals surface area contributed by atoms with Crippen LogP contribution >= 0.6 is 17.0 Å². The predicted molar refractivity (Wildman–Crippen MR) is 317 cm³/mol. The van der Waals surface area contributed by atoms with Crippen LogP contribution in [0.1, 0.15) is 50.7 Å². The molecule has 0 aliphatic rings. The Morgan fingerprint density at radius 3 is 0.903 bits per heavy atom. The Labute approximate surface area is 447 Å². The fraction of sp³-hybridized carbons (Fsp3) is 0.147. The van der Waals surface area contributed by atoms with Crippen molar-refractivity contribution in [3.63, 3.8) is 0 Å². The van der Waals surface area contributed by atoms with Crippen molar-refractivity contribution in [2.24, 2.45) is 0 Å². The number of rotatable bonds is 10. The van der Waals surface area contributed by atoms with Crippen LogP contribution in [-0.4, -0.2) is 9.52 Å². The molecule has 12 rings (SSSR count). The molecule has 0 fully saturated rings. The van der Waals surface area contributed by atoms with Crippen LogP contribution in [0.5, 0.6) is 0 Å². The third kappa shape index (κ3) is 11.0. The van der Waals surface area contributed by atoms with Gasteiger partial charge in [0.25, 0.3) is 0 Å². The topological polar surface area (TPSA) is 0 Å². The average Bonchev–Trinajstić information content (AvgIpc) is 4.07. The van der Waals surface area contributed by atoms with Crippen LogP contribution in [0.25, 0.3) is 109 Å². The first-order valence-electron chi connectivity index (χ1n) is 25.4. The average molecular weight is 1070 g/mol. The van der Waals surface area contributed by atoms with Gasteiger partial charge in [-0.05, 0) is 67.1 Å². The molecule has 0 nitrogen and oxygen atoms in total. The third-order valence-electron chi connectivity index (χ3n) is 13.9. The summed E-state index contributed by atoms with van der Waals surface area (Å²) in [4.78, 5) is 0. The van der Waals surface area contributed by atoms with E-state index in [4.69, 9.17) is 17.0 Å². The molecule has 0 aliphatic heterocycles. The van der Waals surface area contributed by atoms with Gasteiger partial charge in [-0.3, -0.25) is 0 Å². The van der Waals surface area contributed by atoms with Gasteiger partial charge in [0.2, 0.25) is 0 Å². The molecule has 0 N–H and O–H groups in total.